The molecule has 1 saturated heterocycles. The summed E-state index contributed by atoms with van der Waals surface area (Å²) in [5.41, 5.74) is 3.17. The van der Waals surface area contributed by atoms with E-state index in [-0.39, 0.29) is 11.3 Å². The maximum atomic E-state index is 13.0. The molecule has 1 saturated carbocycles. The molecule has 1 aliphatic heterocycles. The first-order chi connectivity index (χ1) is 13.4. The summed E-state index contributed by atoms with van der Waals surface area (Å²) in [7, 11) is 0. The molecule has 2 aliphatic rings. The monoisotopic (exact) mass is 379 g/mol. The van der Waals surface area contributed by atoms with Crippen molar-refractivity contribution in [1.29, 1.82) is 0 Å². The molecular formula is C23H29N3O2. The largest absolute Gasteiger partial charge is 0.378 e. The van der Waals surface area contributed by atoms with Crippen LogP contribution in [0.5, 0.6) is 0 Å². The molecule has 0 spiro atoms. The van der Waals surface area contributed by atoms with Crippen LogP contribution in [0.2, 0.25) is 0 Å². The van der Waals surface area contributed by atoms with Crippen molar-refractivity contribution in [2.45, 2.75) is 44.4 Å². The molecule has 1 N–H and O–H groups in total. The normalized spacial score (nSPS) is 18.6. The van der Waals surface area contributed by atoms with Crippen LogP contribution in [0.1, 0.15) is 44.7 Å². The number of aromatic nitrogens is 1. The number of benzene rings is 1. The van der Waals surface area contributed by atoms with Crippen molar-refractivity contribution in [2.75, 3.05) is 36.5 Å². The fourth-order valence-electron chi connectivity index (χ4n) is 3.77. The van der Waals surface area contributed by atoms with E-state index in [0.717, 1.165) is 50.4 Å². The average Bonchev–Trinajstić information content (AvgIpc) is 3.51. The molecule has 0 bridgehead atoms. The first kappa shape index (κ1) is 18.9. The molecule has 1 amide bonds. The Kier molecular flexibility index (Phi) is 4.88. The van der Waals surface area contributed by atoms with Crippen LogP contribution in [0.25, 0.3) is 0 Å². The van der Waals surface area contributed by atoms with Gasteiger partial charge in [-0.1, -0.05) is 45.0 Å². The smallest absolute Gasteiger partial charge is 0.236 e. The Morgan fingerprint density at radius 3 is 2.29 bits per heavy atom. The number of pyridine rings is 1. The summed E-state index contributed by atoms with van der Waals surface area (Å²) in [5.74, 6) is 0.655. The lowest BCUT2D eigenvalue weighted by Crippen LogP contribution is -2.36. The van der Waals surface area contributed by atoms with Gasteiger partial charge in [-0.15, -0.1) is 0 Å². The maximum absolute atomic E-state index is 13.0. The number of nitrogens with one attached hydrogen (secondary N) is 1. The van der Waals surface area contributed by atoms with Crippen LogP contribution in [0.15, 0.2) is 42.6 Å². The van der Waals surface area contributed by atoms with Crippen LogP contribution >= 0.6 is 0 Å². The lowest BCUT2D eigenvalue weighted by atomic mass is 9.85. The van der Waals surface area contributed by atoms with Gasteiger partial charge in [-0.3, -0.25) is 4.79 Å². The predicted octanol–water partition coefficient (Wildman–Crippen LogP) is 3.89. The van der Waals surface area contributed by atoms with Crippen molar-refractivity contribution >= 4 is 17.4 Å². The van der Waals surface area contributed by atoms with E-state index < -0.39 is 5.41 Å². The number of anilines is 2. The third-order valence-corrected chi connectivity index (χ3v) is 5.85. The first-order valence-electron chi connectivity index (χ1n) is 10.1. The molecule has 28 heavy (non-hydrogen) atoms. The number of hydrogen-bond acceptors (Lipinski definition) is 4. The molecule has 1 aliphatic carbocycles. The highest BCUT2D eigenvalue weighted by molar-refractivity contribution is 6.00. The summed E-state index contributed by atoms with van der Waals surface area (Å²) < 4.78 is 5.39. The maximum Gasteiger partial charge on any atom is 0.236 e. The number of carbonyl (C=O) groups is 1. The van der Waals surface area contributed by atoms with Crippen LogP contribution in [0.4, 0.5) is 11.5 Å². The van der Waals surface area contributed by atoms with Gasteiger partial charge in [0.05, 0.1) is 30.5 Å². The van der Waals surface area contributed by atoms with Crippen LogP contribution < -0.4 is 10.2 Å². The molecule has 4 rings (SSSR count). The Bertz CT molecular complexity index is 828. The second kappa shape index (κ2) is 7.21. The first-order valence-corrected chi connectivity index (χ1v) is 10.1. The van der Waals surface area contributed by atoms with E-state index in [4.69, 9.17) is 4.74 Å². The highest BCUT2D eigenvalue weighted by atomic mass is 16.5. The van der Waals surface area contributed by atoms with E-state index >= 15 is 0 Å². The van der Waals surface area contributed by atoms with E-state index in [1.807, 2.05) is 18.3 Å². The Balaban J connectivity index is 1.44. The summed E-state index contributed by atoms with van der Waals surface area (Å²) in [4.78, 5) is 19.7. The molecule has 2 aromatic rings. The Morgan fingerprint density at radius 2 is 1.75 bits per heavy atom. The van der Waals surface area contributed by atoms with Crippen molar-refractivity contribution in [3.8, 4) is 0 Å². The topological polar surface area (TPSA) is 54.5 Å². The molecule has 1 aromatic carbocycles. The van der Waals surface area contributed by atoms with E-state index in [2.05, 4.69) is 60.2 Å². The molecule has 2 heterocycles. The zero-order valence-electron chi connectivity index (χ0n) is 17.0. The van der Waals surface area contributed by atoms with Crippen molar-refractivity contribution in [2.24, 2.45) is 0 Å². The highest BCUT2D eigenvalue weighted by Gasteiger charge is 2.51. The number of ether oxygens (including phenoxy) is 1. The number of carbonyl (C=O) groups excluding carboxylic acids is 1. The van der Waals surface area contributed by atoms with Gasteiger partial charge in [0.2, 0.25) is 5.91 Å². The second-order valence-corrected chi connectivity index (χ2v) is 8.86. The summed E-state index contributed by atoms with van der Waals surface area (Å²) >= 11 is 0. The van der Waals surface area contributed by atoms with Gasteiger partial charge in [0.25, 0.3) is 0 Å². The van der Waals surface area contributed by atoms with Crippen LogP contribution in [0.3, 0.4) is 0 Å². The summed E-state index contributed by atoms with van der Waals surface area (Å²) in [6.07, 6.45) is 3.61. The minimum Gasteiger partial charge on any atom is -0.378 e. The Hall–Kier alpha value is -2.40. The van der Waals surface area contributed by atoms with E-state index in [9.17, 15) is 4.79 Å². The molecule has 5 nitrogen and oxygen atoms in total. The van der Waals surface area contributed by atoms with Crippen molar-refractivity contribution in [3.05, 3.63) is 53.7 Å². The zero-order chi connectivity index (χ0) is 19.8. The van der Waals surface area contributed by atoms with Crippen molar-refractivity contribution in [3.63, 3.8) is 0 Å². The molecule has 0 radical (unpaired) electrons. The molecule has 5 heteroatoms. The third-order valence-electron chi connectivity index (χ3n) is 5.85. The lowest BCUT2D eigenvalue weighted by Gasteiger charge is -2.28. The van der Waals surface area contributed by atoms with Gasteiger partial charge in [0.15, 0.2) is 0 Å². The molecule has 2 fully saturated rings. The molecule has 0 unspecified atom stereocenters. The molecular weight excluding hydrogens is 350 g/mol. The van der Waals surface area contributed by atoms with Gasteiger partial charge in [-0.25, -0.2) is 4.98 Å². The number of hydrogen-bond donors (Lipinski definition) is 1. The number of amides is 1. The molecule has 0 atom stereocenters. The number of rotatable bonds is 4. The molecule has 148 valence electrons. The standard InChI is InChI=1S/C23H29N3O2/c1-22(2,3)17-4-6-18(7-5-17)23(10-11-23)21(27)25-20-9-8-19(16-24-20)26-12-14-28-15-13-26/h4-9,16H,10-15H2,1-3H3,(H,24,25,27). The summed E-state index contributed by atoms with van der Waals surface area (Å²) in [6, 6.07) is 12.4. The quantitative estimate of drug-likeness (QED) is 0.876. The van der Waals surface area contributed by atoms with Crippen molar-refractivity contribution in [1.82, 2.24) is 4.98 Å². The van der Waals surface area contributed by atoms with Gasteiger partial charge in [-0.2, -0.15) is 0 Å². The van der Waals surface area contributed by atoms with Gasteiger partial charge in [0, 0.05) is 13.1 Å². The minimum absolute atomic E-state index is 0.0441. The average molecular weight is 380 g/mol. The lowest BCUT2D eigenvalue weighted by molar-refractivity contribution is -0.118. The Labute approximate surface area is 167 Å². The summed E-state index contributed by atoms with van der Waals surface area (Å²) in [5, 5.41) is 3.02. The van der Waals surface area contributed by atoms with Crippen LogP contribution in [-0.4, -0.2) is 37.2 Å². The second-order valence-electron chi connectivity index (χ2n) is 8.86. The van der Waals surface area contributed by atoms with Gasteiger partial charge < -0.3 is 15.0 Å². The molecule has 1 aromatic heterocycles. The fourth-order valence-corrected chi connectivity index (χ4v) is 3.77. The zero-order valence-corrected chi connectivity index (χ0v) is 17.0. The van der Waals surface area contributed by atoms with E-state index in [1.165, 1.54) is 5.56 Å². The van der Waals surface area contributed by atoms with Crippen LogP contribution in [0, 0.1) is 0 Å². The predicted molar refractivity (Wildman–Crippen MR) is 112 cm³/mol. The van der Waals surface area contributed by atoms with Gasteiger partial charge in [0.1, 0.15) is 5.82 Å². The van der Waals surface area contributed by atoms with Crippen molar-refractivity contribution < 1.29 is 9.53 Å². The number of nitrogens with zero attached hydrogens (tertiary/aromatic N) is 2. The SMILES string of the molecule is CC(C)(C)c1ccc(C2(C(=O)Nc3ccc(N4CCOCC4)cn3)CC2)cc1. The van der Waals surface area contributed by atoms with E-state index in [1.54, 1.807) is 0 Å². The number of morpholine rings is 1. The highest BCUT2D eigenvalue weighted by Crippen LogP contribution is 2.49. The fraction of sp³-hybridized carbons (Fsp3) is 0.478. The Morgan fingerprint density at radius 1 is 1.07 bits per heavy atom. The summed E-state index contributed by atoms with van der Waals surface area (Å²) in [6.45, 7) is 9.85. The minimum atomic E-state index is -0.402. The van der Waals surface area contributed by atoms with Gasteiger partial charge in [-0.05, 0) is 41.5 Å². The van der Waals surface area contributed by atoms with Gasteiger partial charge >= 0.3 is 0 Å². The van der Waals surface area contributed by atoms with Crippen LogP contribution in [-0.2, 0) is 20.4 Å². The van der Waals surface area contributed by atoms with E-state index in [0.29, 0.717) is 5.82 Å². The third kappa shape index (κ3) is 3.76.